The van der Waals surface area contributed by atoms with E-state index in [1.54, 1.807) is 25.1 Å². The Morgan fingerprint density at radius 3 is 2.48 bits per heavy atom. The largest absolute Gasteiger partial charge is 0.456 e. The Balaban J connectivity index is 1.69. The second-order valence-corrected chi connectivity index (χ2v) is 5.99. The quantitative estimate of drug-likeness (QED) is 0.732. The molecule has 0 heterocycles. The van der Waals surface area contributed by atoms with Crippen molar-refractivity contribution in [1.29, 1.82) is 0 Å². The summed E-state index contributed by atoms with van der Waals surface area (Å²) in [6.45, 7) is 3.04. The lowest BCUT2D eigenvalue weighted by molar-refractivity contribution is -0.147. The van der Waals surface area contributed by atoms with E-state index in [0.717, 1.165) is 5.56 Å². The summed E-state index contributed by atoms with van der Waals surface area (Å²) in [6, 6.07) is 11.4. The van der Waals surface area contributed by atoms with Crippen molar-refractivity contribution in [2.24, 2.45) is 0 Å². The molecule has 0 saturated heterocycles. The van der Waals surface area contributed by atoms with E-state index in [9.17, 15) is 18.8 Å². The molecule has 0 bridgehead atoms. The third kappa shape index (κ3) is 6.22. The highest BCUT2D eigenvalue weighted by Gasteiger charge is 2.11. The van der Waals surface area contributed by atoms with E-state index in [1.807, 2.05) is 19.1 Å². The van der Waals surface area contributed by atoms with Gasteiger partial charge in [-0.15, -0.1) is 0 Å². The van der Waals surface area contributed by atoms with Gasteiger partial charge in [-0.3, -0.25) is 14.4 Å². The van der Waals surface area contributed by atoms with Crippen LogP contribution < -0.4 is 10.6 Å². The van der Waals surface area contributed by atoms with Gasteiger partial charge in [-0.2, -0.15) is 0 Å². The number of aryl methyl sites for hydroxylation is 2. The topological polar surface area (TPSA) is 84.5 Å². The van der Waals surface area contributed by atoms with E-state index in [2.05, 4.69) is 10.6 Å². The molecule has 0 unspecified atom stereocenters. The minimum Gasteiger partial charge on any atom is -0.456 e. The molecule has 0 fully saturated rings. The average molecular weight is 372 g/mol. The number of nitrogens with one attached hydrogen (secondary N) is 2. The maximum Gasteiger partial charge on any atom is 0.308 e. The fourth-order valence-electron chi connectivity index (χ4n) is 2.29. The summed E-state index contributed by atoms with van der Waals surface area (Å²) in [5, 5.41) is 5.07. The van der Waals surface area contributed by atoms with Crippen molar-refractivity contribution in [1.82, 2.24) is 5.32 Å². The number of carbonyl (C=O) groups is 3. The Labute approximate surface area is 156 Å². The van der Waals surface area contributed by atoms with Gasteiger partial charge in [-0.05, 0) is 43.2 Å². The molecule has 0 aliphatic carbocycles. The van der Waals surface area contributed by atoms with Gasteiger partial charge < -0.3 is 15.4 Å². The maximum absolute atomic E-state index is 13.4. The van der Waals surface area contributed by atoms with Gasteiger partial charge in [0.25, 0.3) is 11.8 Å². The Morgan fingerprint density at radius 1 is 1.04 bits per heavy atom. The van der Waals surface area contributed by atoms with E-state index < -0.39 is 24.3 Å². The Bertz CT molecular complexity index is 852. The van der Waals surface area contributed by atoms with Crippen molar-refractivity contribution in [3.8, 4) is 0 Å². The molecule has 7 heteroatoms. The predicted octanol–water partition coefficient (Wildman–Crippen LogP) is 2.74. The first-order valence-electron chi connectivity index (χ1n) is 8.42. The van der Waals surface area contributed by atoms with Crippen molar-refractivity contribution in [2.75, 3.05) is 18.5 Å². The van der Waals surface area contributed by atoms with Gasteiger partial charge in [-0.1, -0.05) is 24.3 Å². The number of anilines is 1. The molecule has 0 spiro atoms. The van der Waals surface area contributed by atoms with Crippen LogP contribution in [-0.4, -0.2) is 30.9 Å². The SMILES string of the molecule is Cc1ccc(NC(=O)COC(=O)CCNC(=O)c2ccccc2C)cc1F. The minimum atomic E-state index is -0.620. The fourth-order valence-corrected chi connectivity index (χ4v) is 2.29. The monoisotopic (exact) mass is 372 g/mol. The van der Waals surface area contributed by atoms with Crippen LogP contribution in [0.25, 0.3) is 0 Å². The second-order valence-electron chi connectivity index (χ2n) is 5.99. The highest BCUT2D eigenvalue weighted by atomic mass is 19.1. The number of hydrogen-bond acceptors (Lipinski definition) is 4. The van der Waals surface area contributed by atoms with E-state index in [1.165, 1.54) is 12.1 Å². The first kappa shape index (κ1) is 20.1. The highest BCUT2D eigenvalue weighted by Crippen LogP contribution is 2.13. The predicted molar refractivity (Wildman–Crippen MR) is 98.9 cm³/mol. The third-order valence-corrected chi connectivity index (χ3v) is 3.82. The smallest absolute Gasteiger partial charge is 0.308 e. The average Bonchev–Trinajstić information content (AvgIpc) is 2.63. The zero-order valence-corrected chi connectivity index (χ0v) is 15.2. The van der Waals surface area contributed by atoms with Crippen molar-refractivity contribution in [2.45, 2.75) is 20.3 Å². The number of esters is 1. The molecule has 0 aliphatic heterocycles. The van der Waals surface area contributed by atoms with Gasteiger partial charge in [0, 0.05) is 17.8 Å². The van der Waals surface area contributed by atoms with Crippen LogP contribution in [0.2, 0.25) is 0 Å². The van der Waals surface area contributed by atoms with Crippen LogP contribution in [0.1, 0.15) is 27.9 Å². The maximum atomic E-state index is 13.4. The molecule has 142 valence electrons. The lowest BCUT2D eigenvalue weighted by Gasteiger charge is -2.09. The van der Waals surface area contributed by atoms with Crippen LogP contribution >= 0.6 is 0 Å². The normalized spacial score (nSPS) is 10.2. The molecule has 6 nitrogen and oxygen atoms in total. The lowest BCUT2D eigenvalue weighted by atomic mass is 10.1. The third-order valence-electron chi connectivity index (χ3n) is 3.82. The van der Waals surface area contributed by atoms with Gasteiger partial charge >= 0.3 is 5.97 Å². The van der Waals surface area contributed by atoms with Crippen molar-refractivity contribution >= 4 is 23.5 Å². The fraction of sp³-hybridized carbons (Fsp3) is 0.250. The number of amides is 2. The van der Waals surface area contributed by atoms with Gasteiger partial charge in [-0.25, -0.2) is 4.39 Å². The van der Waals surface area contributed by atoms with E-state index in [0.29, 0.717) is 11.1 Å². The minimum absolute atomic E-state index is 0.0654. The standard InChI is InChI=1S/C20H21FN2O4/c1-13-5-3-4-6-16(13)20(26)22-10-9-19(25)27-12-18(24)23-15-8-7-14(2)17(21)11-15/h3-8,11H,9-10,12H2,1-2H3,(H,22,26)(H,23,24). The number of hydrogen-bond donors (Lipinski definition) is 2. The molecule has 0 aromatic heterocycles. The molecule has 2 aromatic carbocycles. The van der Waals surface area contributed by atoms with E-state index in [-0.39, 0.29) is 24.6 Å². The van der Waals surface area contributed by atoms with Crippen LogP contribution in [0.3, 0.4) is 0 Å². The molecule has 0 radical (unpaired) electrons. The number of rotatable bonds is 7. The van der Waals surface area contributed by atoms with E-state index >= 15 is 0 Å². The molecule has 2 aromatic rings. The van der Waals surface area contributed by atoms with E-state index in [4.69, 9.17) is 4.74 Å². The summed E-state index contributed by atoms with van der Waals surface area (Å²) in [5.41, 5.74) is 2.12. The van der Waals surface area contributed by atoms with Gasteiger partial charge in [0.15, 0.2) is 6.61 Å². The lowest BCUT2D eigenvalue weighted by Crippen LogP contribution is -2.28. The second kappa shape index (κ2) is 9.47. The molecular weight excluding hydrogens is 351 g/mol. The molecule has 2 amide bonds. The summed E-state index contributed by atoms with van der Waals surface area (Å²) < 4.78 is 18.3. The summed E-state index contributed by atoms with van der Waals surface area (Å²) in [6.07, 6.45) is -0.0654. The number of benzene rings is 2. The zero-order valence-electron chi connectivity index (χ0n) is 15.2. The molecule has 27 heavy (non-hydrogen) atoms. The molecule has 2 N–H and O–H groups in total. The van der Waals surface area contributed by atoms with Gasteiger partial charge in [0.2, 0.25) is 0 Å². The van der Waals surface area contributed by atoms with Gasteiger partial charge in [0.05, 0.1) is 6.42 Å². The first-order valence-corrected chi connectivity index (χ1v) is 8.42. The Kier molecular flexibility index (Phi) is 7.05. The van der Waals surface area contributed by atoms with Crippen molar-refractivity contribution in [3.63, 3.8) is 0 Å². The van der Waals surface area contributed by atoms with Crippen LogP contribution in [0.15, 0.2) is 42.5 Å². The number of halogens is 1. The van der Waals surface area contributed by atoms with Crippen LogP contribution in [0, 0.1) is 19.7 Å². The molecule has 0 atom stereocenters. The molecule has 0 aliphatic rings. The van der Waals surface area contributed by atoms with Crippen molar-refractivity contribution in [3.05, 3.63) is 65.0 Å². The summed E-state index contributed by atoms with van der Waals surface area (Å²) >= 11 is 0. The zero-order chi connectivity index (χ0) is 19.8. The Morgan fingerprint density at radius 2 is 1.78 bits per heavy atom. The number of ether oxygens (including phenoxy) is 1. The number of carbonyl (C=O) groups excluding carboxylic acids is 3. The molecular formula is C20H21FN2O4. The van der Waals surface area contributed by atoms with Crippen LogP contribution in [0.5, 0.6) is 0 Å². The molecule has 2 rings (SSSR count). The highest BCUT2D eigenvalue weighted by molar-refractivity contribution is 5.96. The summed E-state index contributed by atoms with van der Waals surface area (Å²) in [4.78, 5) is 35.4. The summed E-state index contributed by atoms with van der Waals surface area (Å²) in [7, 11) is 0. The first-order chi connectivity index (χ1) is 12.9. The van der Waals surface area contributed by atoms with Crippen LogP contribution in [-0.2, 0) is 14.3 Å². The molecule has 0 saturated carbocycles. The van der Waals surface area contributed by atoms with Crippen molar-refractivity contribution < 1.29 is 23.5 Å². The summed E-state index contributed by atoms with van der Waals surface area (Å²) in [5.74, 6) is -1.91. The van der Waals surface area contributed by atoms with Gasteiger partial charge in [0.1, 0.15) is 5.82 Å². The van der Waals surface area contributed by atoms with Crippen LogP contribution in [0.4, 0.5) is 10.1 Å². The Hall–Kier alpha value is -3.22.